The van der Waals surface area contributed by atoms with Crippen LogP contribution in [0.1, 0.15) is 50.3 Å². The van der Waals surface area contributed by atoms with E-state index < -0.39 is 0 Å². The van der Waals surface area contributed by atoms with Crippen molar-refractivity contribution in [2.75, 3.05) is 4.90 Å². The fourth-order valence-electron chi connectivity index (χ4n) is 8.33. The van der Waals surface area contributed by atoms with Crippen molar-refractivity contribution in [3.05, 3.63) is 174 Å². The molecule has 0 aliphatic heterocycles. The first-order valence-electron chi connectivity index (χ1n) is 17.5. The van der Waals surface area contributed by atoms with E-state index in [2.05, 4.69) is 190 Å². The topological polar surface area (TPSA) is 3.24 Å². The van der Waals surface area contributed by atoms with E-state index in [1.165, 1.54) is 88.3 Å². The van der Waals surface area contributed by atoms with Gasteiger partial charge in [0.15, 0.2) is 0 Å². The van der Waals surface area contributed by atoms with Gasteiger partial charge in [-0.15, -0.1) is 0 Å². The van der Waals surface area contributed by atoms with E-state index in [4.69, 9.17) is 0 Å². The zero-order valence-electron chi connectivity index (χ0n) is 28.5. The minimum Gasteiger partial charge on any atom is -0.309 e. The normalized spacial score (nSPS) is 13.2. The lowest BCUT2D eigenvalue weighted by Gasteiger charge is -2.32. The highest BCUT2D eigenvalue weighted by molar-refractivity contribution is 6.15. The van der Waals surface area contributed by atoms with E-state index in [0.717, 1.165) is 0 Å². The van der Waals surface area contributed by atoms with Crippen LogP contribution in [0.4, 0.5) is 17.1 Å². The third-order valence-corrected chi connectivity index (χ3v) is 10.8. The van der Waals surface area contributed by atoms with Gasteiger partial charge in [-0.1, -0.05) is 155 Å². The van der Waals surface area contributed by atoms with Crippen LogP contribution in [0.3, 0.4) is 0 Å². The van der Waals surface area contributed by atoms with Gasteiger partial charge in [0.2, 0.25) is 0 Å². The highest BCUT2D eigenvalue weighted by atomic mass is 15.1. The molecule has 0 unspecified atom stereocenters. The molecule has 0 heterocycles. The molecule has 1 aliphatic carbocycles. The van der Waals surface area contributed by atoms with Gasteiger partial charge in [0, 0.05) is 22.1 Å². The summed E-state index contributed by atoms with van der Waals surface area (Å²) in [6.07, 6.45) is 0. The Labute approximate surface area is 289 Å². The molecule has 0 bridgehead atoms. The van der Waals surface area contributed by atoms with Gasteiger partial charge in [-0.2, -0.15) is 0 Å². The Balaban J connectivity index is 1.41. The smallest absolute Gasteiger partial charge is 0.0546 e. The van der Waals surface area contributed by atoms with Gasteiger partial charge < -0.3 is 4.90 Å². The van der Waals surface area contributed by atoms with Crippen LogP contribution in [-0.2, 0) is 5.41 Å². The summed E-state index contributed by atoms with van der Waals surface area (Å²) in [5.41, 5.74) is 12.7. The Kier molecular flexibility index (Phi) is 6.74. The van der Waals surface area contributed by atoms with Crippen molar-refractivity contribution in [3.63, 3.8) is 0 Å². The van der Waals surface area contributed by atoms with Gasteiger partial charge in [0.05, 0.1) is 11.4 Å². The summed E-state index contributed by atoms with van der Waals surface area (Å²) < 4.78 is 0. The summed E-state index contributed by atoms with van der Waals surface area (Å²) in [4.78, 5) is 2.55. The first-order valence-corrected chi connectivity index (χ1v) is 17.5. The van der Waals surface area contributed by atoms with Gasteiger partial charge in [-0.25, -0.2) is 0 Å². The van der Waals surface area contributed by atoms with E-state index in [1.807, 2.05) is 0 Å². The lowest BCUT2D eigenvalue weighted by Crippen LogP contribution is -2.17. The van der Waals surface area contributed by atoms with Crippen molar-refractivity contribution in [1.82, 2.24) is 0 Å². The predicted octanol–water partition coefficient (Wildman–Crippen LogP) is 13.7. The number of benzene rings is 8. The molecule has 1 heteroatoms. The zero-order chi connectivity index (χ0) is 33.3. The van der Waals surface area contributed by atoms with E-state index in [1.54, 1.807) is 0 Å². The second-order valence-corrected chi connectivity index (χ2v) is 14.4. The summed E-state index contributed by atoms with van der Waals surface area (Å²) in [7, 11) is 0. The molecule has 0 spiro atoms. The van der Waals surface area contributed by atoms with Crippen LogP contribution in [0.15, 0.2) is 158 Å². The Morgan fingerprint density at radius 2 is 1.00 bits per heavy atom. The lowest BCUT2D eigenvalue weighted by molar-refractivity contribution is 0.660. The minimum absolute atomic E-state index is 0.116. The van der Waals surface area contributed by atoms with E-state index in [-0.39, 0.29) is 5.41 Å². The quantitative estimate of drug-likeness (QED) is 0.171. The van der Waals surface area contributed by atoms with Crippen LogP contribution < -0.4 is 4.90 Å². The van der Waals surface area contributed by atoms with Gasteiger partial charge in [-0.3, -0.25) is 0 Å². The first-order chi connectivity index (χ1) is 23.9. The number of hydrogen-bond donors (Lipinski definition) is 0. The SMILES string of the molecule is CC(C)c1ccccc1-c1cc2ccccc2cc1N(c1ccc2c(c1)C(C)(C)c1ccccc1-2)c1cc2ccccc2c2ccccc12. The first kappa shape index (κ1) is 29.5. The van der Waals surface area contributed by atoms with Gasteiger partial charge >= 0.3 is 0 Å². The van der Waals surface area contributed by atoms with Crippen molar-refractivity contribution in [3.8, 4) is 22.3 Å². The fourth-order valence-corrected chi connectivity index (χ4v) is 8.33. The Morgan fingerprint density at radius 3 is 1.78 bits per heavy atom. The second-order valence-electron chi connectivity index (χ2n) is 14.4. The fraction of sp³-hybridized carbons (Fsp3) is 0.125. The summed E-state index contributed by atoms with van der Waals surface area (Å²) in [5, 5.41) is 7.48. The van der Waals surface area contributed by atoms with Crippen LogP contribution in [0.2, 0.25) is 0 Å². The van der Waals surface area contributed by atoms with Crippen molar-refractivity contribution >= 4 is 49.4 Å². The molecule has 236 valence electrons. The molecule has 0 amide bonds. The van der Waals surface area contributed by atoms with Crippen LogP contribution >= 0.6 is 0 Å². The number of hydrogen-bond acceptors (Lipinski definition) is 1. The summed E-state index contributed by atoms with van der Waals surface area (Å²) in [6, 6.07) is 58.8. The van der Waals surface area contributed by atoms with Crippen molar-refractivity contribution in [2.45, 2.75) is 39.0 Å². The minimum atomic E-state index is -0.116. The maximum atomic E-state index is 2.55. The summed E-state index contributed by atoms with van der Waals surface area (Å²) in [5.74, 6) is 0.379. The molecule has 0 radical (unpaired) electrons. The van der Waals surface area contributed by atoms with Crippen LogP contribution in [0, 0.1) is 0 Å². The molecule has 0 fully saturated rings. The number of rotatable bonds is 5. The maximum absolute atomic E-state index is 2.55. The molecule has 9 rings (SSSR count). The molecule has 49 heavy (non-hydrogen) atoms. The number of fused-ring (bicyclic) bond motifs is 7. The third-order valence-electron chi connectivity index (χ3n) is 10.8. The zero-order valence-corrected chi connectivity index (χ0v) is 28.5. The van der Waals surface area contributed by atoms with Gasteiger partial charge in [0.25, 0.3) is 0 Å². The second kappa shape index (κ2) is 11.2. The Bertz CT molecular complexity index is 2570. The van der Waals surface area contributed by atoms with Crippen LogP contribution in [-0.4, -0.2) is 0 Å². The van der Waals surface area contributed by atoms with Crippen LogP contribution in [0.25, 0.3) is 54.6 Å². The molecule has 1 nitrogen and oxygen atoms in total. The van der Waals surface area contributed by atoms with Gasteiger partial charge in [-0.05, 0) is 96.6 Å². The third kappa shape index (κ3) is 4.60. The van der Waals surface area contributed by atoms with Gasteiger partial charge in [0.1, 0.15) is 0 Å². The predicted molar refractivity (Wildman–Crippen MR) is 211 cm³/mol. The van der Waals surface area contributed by atoms with E-state index in [9.17, 15) is 0 Å². The van der Waals surface area contributed by atoms with E-state index >= 15 is 0 Å². The largest absolute Gasteiger partial charge is 0.309 e. The molecule has 0 aromatic heterocycles. The van der Waals surface area contributed by atoms with Crippen molar-refractivity contribution in [1.29, 1.82) is 0 Å². The maximum Gasteiger partial charge on any atom is 0.0546 e. The Morgan fingerprint density at radius 1 is 0.429 bits per heavy atom. The molecule has 0 saturated heterocycles. The summed E-state index contributed by atoms with van der Waals surface area (Å²) in [6.45, 7) is 9.35. The molecule has 8 aromatic carbocycles. The monoisotopic (exact) mass is 629 g/mol. The molecule has 8 aromatic rings. The summed E-state index contributed by atoms with van der Waals surface area (Å²) >= 11 is 0. The van der Waals surface area contributed by atoms with E-state index in [0.29, 0.717) is 5.92 Å². The highest BCUT2D eigenvalue weighted by Crippen LogP contribution is 2.53. The average Bonchev–Trinajstić information content (AvgIpc) is 3.37. The number of anilines is 3. The molecule has 0 atom stereocenters. The highest BCUT2D eigenvalue weighted by Gasteiger charge is 2.36. The molecule has 0 saturated carbocycles. The number of nitrogens with zero attached hydrogens (tertiary/aromatic N) is 1. The molecule has 0 N–H and O–H groups in total. The van der Waals surface area contributed by atoms with Crippen molar-refractivity contribution in [2.24, 2.45) is 0 Å². The van der Waals surface area contributed by atoms with Crippen LogP contribution in [0.5, 0.6) is 0 Å². The standard InChI is InChI=1S/C48H39N/c1-31(2)36-18-9-10-20-38(36)43-27-32-15-5-6-16-33(32)28-47(43)49(46-29-34-17-7-8-19-37(34)39-21-11-12-23-42(39)46)35-25-26-41-40-22-13-14-24-44(40)48(3,4)45(41)30-35/h5-31H,1-4H3. The molecular formula is C48H39N. The molecular weight excluding hydrogens is 591 g/mol. The average molecular weight is 630 g/mol. The lowest BCUT2D eigenvalue weighted by atomic mass is 9.82. The van der Waals surface area contributed by atoms with Crippen molar-refractivity contribution < 1.29 is 0 Å². The Hall–Kier alpha value is -5.66. The molecule has 1 aliphatic rings.